The van der Waals surface area contributed by atoms with Gasteiger partial charge in [-0.1, -0.05) is 11.6 Å². The highest BCUT2D eigenvalue weighted by molar-refractivity contribution is 6.30. The van der Waals surface area contributed by atoms with Crippen LogP contribution in [0.3, 0.4) is 0 Å². The molecule has 4 heteroatoms. The molecule has 3 nitrogen and oxygen atoms in total. The molecule has 2 atom stereocenters. The first-order valence-electron chi connectivity index (χ1n) is 5.96. The zero-order chi connectivity index (χ0) is 12.3. The molecule has 1 aromatic rings. The summed E-state index contributed by atoms with van der Waals surface area (Å²) in [5.41, 5.74) is 6.87. The molecule has 2 rings (SSSR count). The van der Waals surface area contributed by atoms with Crippen molar-refractivity contribution in [2.45, 2.75) is 31.9 Å². The van der Waals surface area contributed by atoms with E-state index >= 15 is 0 Å². The SMILES string of the molecule is C[C@H](N)c1cc(Cl)ccc1OC1CCCOC1. The van der Waals surface area contributed by atoms with Crippen LogP contribution in [0.1, 0.15) is 31.4 Å². The van der Waals surface area contributed by atoms with E-state index in [4.69, 9.17) is 26.8 Å². The van der Waals surface area contributed by atoms with E-state index < -0.39 is 0 Å². The molecule has 1 aliphatic rings. The number of ether oxygens (including phenoxy) is 2. The van der Waals surface area contributed by atoms with Crippen molar-refractivity contribution in [3.05, 3.63) is 28.8 Å². The second-order valence-electron chi connectivity index (χ2n) is 4.43. The lowest BCUT2D eigenvalue weighted by Crippen LogP contribution is -2.28. The lowest BCUT2D eigenvalue weighted by atomic mass is 10.1. The normalized spacial score (nSPS) is 22.2. The van der Waals surface area contributed by atoms with Gasteiger partial charge in [0.2, 0.25) is 0 Å². The molecule has 2 N–H and O–H groups in total. The number of halogens is 1. The second kappa shape index (κ2) is 5.71. The van der Waals surface area contributed by atoms with Gasteiger partial charge in [-0.25, -0.2) is 0 Å². The Balaban J connectivity index is 2.13. The highest BCUT2D eigenvalue weighted by Crippen LogP contribution is 2.29. The Bertz CT molecular complexity index is 376. The number of benzene rings is 1. The van der Waals surface area contributed by atoms with Gasteiger partial charge in [0.25, 0.3) is 0 Å². The maximum absolute atomic E-state index is 5.97. The van der Waals surface area contributed by atoms with Gasteiger partial charge in [0.05, 0.1) is 6.61 Å². The van der Waals surface area contributed by atoms with E-state index in [-0.39, 0.29) is 12.1 Å². The molecule has 1 heterocycles. The van der Waals surface area contributed by atoms with Gasteiger partial charge in [0.15, 0.2) is 0 Å². The van der Waals surface area contributed by atoms with Crippen LogP contribution in [0.15, 0.2) is 18.2 Å². The molecule has 0 aliphatic carbocycles. The maximum atomic E-state index is 5.97. The third-order valence-electron chi connectivity index (χ3n) is 2.87. The molecule has 0 amide bonds. The first-order chi connectivity index (χ1) is 8.16. The van der Waals surface area contributed by atoms with Crippen molar-refractivity contribution in [1.82, 2.24) is 0 Å². The predicted octanol–water partition coefficient (Wildman–Crippen LogP) is 2.92. The molecular weight excluding hydrogens is 238 g/mol. The molecule has 1 unspecified atom stereocenters. The van der Waals surface area contributed by atoms with Gasteiger partial charge in [-0.3, -0.25) is 0 Å². The van der Waals surface area contributed by atoms with Gasteiger partial charge in [-0.15, -0.1) is 0 Å². The van der Waals surface area contributed by atoms with E-state index in [9.17, 15) is 0 Å². The molecular formula is C13H18ClNO2. The fraction of sp³-hybridized carbons (Fsp3) is 0.538. The Hall–Kier alpha value is -0.770. The van der Waals surface area contributed by atoms with E-state index in [1.807, 2.05) is 25.1 Å². The van der Waals surface area contributed by atoms with Crippen LogP contribution < -0.4 is 10.5 Å². The summed E-state index contributed by atoms with van der Waals surface area (Å²) in [7, 11) is 0. The highest BCUT2D eigenvalue weighted by atomic mass is 35.5. The zero-order valence-electron chi connectivity index (χ0n) is 9.99. The van der Waals surface area contributed by atoms with Crippen molar-refractivity contribution >= 4 is 11.6 Å². The van der Waals surface area contributed by atoms with E-state index in [2.05, 4.69) is 0 Å². The smallest absolute Gasteiger partial charge is 0.124 e. The van der Waals surface area contributed by atoms with Crippen LogP contribution in [0.5, 0.6) is 5.75 Å². The van der Waals surface area contributed by atoms with Gasteiger partial charge >= 0.3 is 0 Å². The van der Waals surface area contributed by atoms with Crippen LogP contribution in [-0.2, 0) is 4.74 Å². The average molecular weight is 256 g/mol. The lowest BCUT2D eigenvalue weighted by molar-refractivity contribution is 0.00694. The highest BCUT2D eigenvalue weighted by Gasteiger charge is 2.18. The van der Waals surface area contributed by atoms with E-state index in [1.54, 1.807) is 0 Å². The third-order valence-corrected chi connectivity index (χ3v) is 3.11. The molecule has 1 saturated heterocycles. The molecule has 0 spiro atoms. The molecule has 0 saturated carbocycles. The number of nitrogens with two attached hydrogens (primary N) is 1. The fourth-order valence-electron chi connectivity index (χ4n) is 1.97. The molecule has 17 heavy (non-hydrogen) atoms. The Morgan fingerprint density at radius 2 is 2.35 bits per heavy atom. The minimum atomic E-state index is -0.0896. The minimum Gasteiger partial charge on any atom is -0.488 e. The predicted molar refractivity (Wildman–Crippen MR) is 68.5 cm³/mol. The van der Waals surface area contributed by atoms with Crippen LogP contribution in [0.4, 0.5) is 0 Å². The van der Waals surface area contributed by atoms with Crippen LogP contribution >= 0.6 is 11.6 Å². The summed E-state index contributed by atoms with van der Waals surface area (Å²) in [5.74, 6) is 0.819. The number of rotatable bonds is 3. The van der Waals surface area contributed by atoms with Crippen molar-refractivity contribution in [3.63, 3.8) is 0 Å². The first kappa shape index (κ1) is 12.7. The topological polar surface area (TPSA) is 44.5 Å². The standard InChI is InChI=1S/C13H18ClNO2/c1-9(15)12-7-10(14)4-5-13(12)17-11-3-2-6-16-8-11/h4-5,7,9,11H,2-3,6,8,15H2,1H3/t9-,11?/m0/s1. The Morgan fingerprint density at radius 1 is 1.53 bits per heavy atom. The largest absolute Gasteiger partial charge is 0.488 e. The first-order valence-corrected chi connectivity index (χ1v) is 6.34. The van der Waals surface area contributed by atoms with Crippen LogP contribution in [0.2, 0.25) is 5.02 Å². The summed E-state index contributed by atoms with van der Waals surface area (Å²) in [6, 6.07) is 5.49. The molecule has 1 fully saturated rings. The van der Waals surface area contributed by atoms with E-state index in [1.165, 1.54) is 0 Å². The Morgan fingerprint density at radius 3 is 3.00 bits per heavy atom. The van der Waals surface area contributed by atoms with Gasteiger partial charge < -0.3 is 15.2 Å². The van der Waals surface area contributed by atoms with Crippen molar-refractivity contribution in [1.29, 1.82) is 0 Å². The Labute approximate surface area is 107 Å². The third kappa shape index (κ3) is 3.35. The van der Waals surface area contributed by atoms with Crippen LogP contribution in [0.25, 0.3) is 0 Å². The van der Waals surface area contributed by atoms with Gasteiger partial charge in [0, 0.05) is 23.2 Å². The van der Waals surface area contributed by atoms with Crippen molar-refractivity contribution < 1.29 is 9.47 Å². The summed E-state index contributed by atoms with van der Waals surface area (Å²) < 4.78 is 11.3. The van der Waals surface area contributed by atoms with Crippen molar-refractivity contribution in [2.75, 3.05) is 13.2 Å². The molecule has 0 aromatic heterocycles. The second-order valence-corrected chi connectivity index (χ2v) is 4.86. The number of hydrogen-bond donors (Lipinski definition) is 1. The Kier molecular flexibility index (Phi) is 4.26. The van der Waals surface area contributed by atoms with Gasteiger partial charge in [-0.2, -0.15) is 0 Å². The summed E-state index contributed by atoms with van der Waals surface area (Å²) in [4.78, 5) is 0. The quantitative estimate of drug-likeness (QED) is 0.903. The summed E-state index contributed by atoms with van der Waals surface area (Å²) >= 11 is 5.97. The van der Waals surface area contributed by atoms with Gasteiger partial charge in [0.1, 0.15) is 11.9 Å². The number of hydrogen-bond acceptors (Lipinski definition) is 3. The van der Waals surface area contributed by atoms with Crippen LogP contribution in [0, 0.1) is 0 Å². The summed E-state index contributed by atoms with van der Waals surface area (Å²) in [5, 5.41) is 0.685. The summed E-state index contributed by atoms with van der Waals surface area (Å²) in [6.45, 7) is 3.41. The summed E-state index contributed by atoms with van der Waals surface area (Å²) in [6.07, 6.45) is 2.20. The molecule has 0 bridgehead atoms. The van der Waals surface area contributed by atoms with E-state index in [0.29, 0.717) is 11.6 Å². The average Bonchev–Trinajstić information content (AvgIpc) is 2.32. The molecule has 94 valence electrons. The van der Waals surface area contributed by atoms with E-state index in [0.717, 1.165) is 30.8 Å². The van der Waals surface area contributed by atoms with Gasteiger partial charge in [-0.05, 0) is 38.0 Å². The van der Waals surface area contributed by atoms with Crippen molar-refractivity contribution in [3.8, 4) is 5.75 Å². The van der Waals surface area contributed by atoms with Crippen LogP contribution in [-0.4, -0.2) is 19.3 Å². The molecule has 1 aliphatic heterocycles. The monoisotopic (exact) mass is 255 g/mol. The molecule has 1 aromatic carbocycles. The maximum Gasteiger partial charge on any atom is 0.124 e. The lowest BCUT2D eigenvalue weighted by Gasteiger charge is -2.25. The fourth-order valence-corrected chi connectivity index (χ4v) is 2.15. The minimum absolute atomic E-state index is 0.0896. The zero-order valence-corrected chi connectivity index (χ0v) is 10.7. The molecule has 0 radical (unpaired) electrons. The van der Waals surface area contributed by atoms with Crippen molar-refractivity contribution in [2.24, 2.45) is 5.73 Å².